The van der Waals surface area contributed by atoms with E-state index in [0.29, 0.717) is 16.6 Å². The molecule has 3 rings (SSSR count). The van der Waals surface area contributed by atoms with E-state index in [9.17, 15) is 0 Å². The van der Waals surface area contributed by atoms with Crippen molar-refractivity contribution >= 4 is 30.0 Å². The quantitative estimate of drug-likeness (QED) is 0.825. The molecule has 1 aliphatic rings. The van der Waals surface area contributed by atoms with Crippen LogP contribution in [0.1, 0.15) is 46.3 Å². The van der Waals surface area contributed by atoms with Crippen molar-refractivity contribution in [3.05, 3.63) is 47.1 Å². The molecule has 5 nitrogen and oxygen atoms in total. The van der Waals surface area contributed by atoms with E-state index in [1.54, 1.807) is 6.20 Å². The van der Waals surface area contributed by atoms with Crippen LogP contribution in [0.4, 0.5) is 5.82 Å². The number of hydrogen-bond donors (Lipinski definition) is 1. The molecule has 1 saturated heterocycles. The zero-order valence-corrected chi connectivity index (χ0v) is 16.5. The van der Waals surface area contributed by atoms with E-state index in [1.165, 1.54) is 0 Å². The largest absolute Gasteiger partial charge is 0.496 e. The standard InChI is InChI=1S/C19H24BClN2O3/c1-12(13-6-8-15(21)9-7-13)24-16-10-14(11-23-17(16)22)20-25-18(2,3)19(4,5)26-20/h6-12H,1-5H3,(H2,22,23)/t12-/m1/s1. The highest BCUT2D eigenvalue weighted by atomic mass is 35.5. The van der Waals surface area contributed by atoms with Crippen molar-refractivity contribution in [2.24, 2.45) is 0 Å². The first kappa shape index (κ1) is 19.0. The van der Waals surface area contributed by atoms with Gasteiger partial charge in [0.2, 0.25) is 0 Å². The normalized spacial score (nSPS) is 19.4. The zero-order chi connectivity index (χ0) is 19.1. The summed E-state index contributed by atoms with van der Waals surface area (Å²) >= 11 is 5.94. The molecule has 0 radical (unpaired) electrons. The number of nitrogens with zero attached hydrogens (tertiary/aromatic N) is 1. The molecule has 0 aliphatic carbocycles. The average molecular weight is 375 g/mol. The van der Waals surface area contributed by atoms with Crippen molar-refractivity contribution in [3.8, 4) is 5.75 Å². The molecule has 0 bridgehead atoms. The van der Waals surface area contributed by atoms with Crippen LogP contribution < -0.4 is 15.9 Å². The summed E-state index contributed by atoms with van der Waals surface area (Å²) < 4.78 is 18.2. The predicted octanol–water partition coefficient (Wildman–Crippen LogP) is 3.76. The van der Waals surface area contributed by atoms with Crippen LogP contribution in [0.2, 0.25) is 5.02 Å². The number of pyridine rings is 1. The molecule has 7 heteroatoms. The van der Waals surface area contributed by atoms with Gasteiger partial charge in [0, 0.05) is 16.7 Å². The topological polar surface area (TPSA) is 66.6 Å². The van der Waals surface area contributed by atoms with Crippen LogP contribution in [-0.2, 0) is 9.31 Å². The molecule has 0 amide bonds. The van der Waals surface area contributed by atoms with Gasteiger partial charge in [0.15, 0.2) is 11.6 Å². The summed E-state index contributed by atoms with van der Waals surface area (Å²) in [5.74, 6) is 0.825. The van der Waals surface area contributed by atoms with Gasteiger partial charge in [-0.2, -0.15) is 0 Å². The minimum Gasteiger partial charge on any atom is -0.482 e. The lowest BCUT2D eigenvalue weighted by Gasteiger charge is -2.32. The van der Waals surface area contributed by atoms with E-state index in [0.717, 1.165) is 11.0 Å². The molecule has 26 heavy (non-hydrogen) atoms. The fraction of sp³-hybridized carbons (Fsp3) is 0.421. The Hall–Kier alpha value is -1.76. The smallest absolute Gasteiger partial charge is 0.482 e. The maximum Gasteiger partial charge on any atom is 0.496 e. The van der Waals surface area contributed by atoms with Crippen LogP contribution in [0.5, 0.6) is 5.75 Å². The Morgan fingerprint density at radius 2 is 1.69 bits per heavy atom. The van der Waals surface area contributed by atoms with Crippen LogP contribution in [0, 0.1) is 0 Å². The molecule has 138 valence electrons. The van der Waals surface area contributed by atoms with Gasteiger partial charge in [-0.25, -0.2) is 4.98 Å². The van der Waals surface area contributed by atoms with Gasteiger partial charge < -0.3 is 19.8 Å². The average Bonchev–Trinajstić information content (AvgIpc) is 2.78. The second kappa shape index (κ2) is 6.76. The first-order valence-electron chi connectivity index (χ1n) is 8.62. The molecular formula is C19H24BClN2O3. The third kappa shape index (κ3) is 3.68. The lowest BCUT2D eigenvalue weighted by Crippen LogP contribution is -2.41. The molecule has 1 atom stereocenters. The summed E-state index contributed by atoms with van der Waals surface area (Å²) in [6.07, 6.45) is 1.46. The second-order valence-electron chi connectivity index (χ2n) is 7.55. The maximum absolute atomic E-state index is 6.07. The van der Waals surface area contributed by atoms with Crippen LogP contribution >= 0.6 is 11.6 Å². The number of nitrogen functional groups attached to an aromatic ring is 1. The number of ether oxygens (including phenoxy) is 1. The Balaban J connectivity index is 1.81. The molecule has 1 aliphatic heterocycles. The van der Waals surface area contributed by atoms with Crippen molar-refractivity contribution in [3.63, 3.8) is 0 Å². The molecule has 0 unspecified atom stereocenters. The molecule has 0 saturated carbocycles. The van der Waals surface area contributed by atoms with Crippen LogP contribution in [0.3, 0.4) is 0 Å². The number of halogens is 1. The Bertz CT molecular complexity index is 780. The highest BCUT2D eigenvalue weighted by Crippen LogP contribution is 2.37. The third-order valence-electron chi connectivity index (χ3n) is 5.07. The monoisotopic (exact) mass is 374 g/mol. The van der Waals surface area contributed by atoms with Crippen LogP contribution in [0.25, 0.3) is 0 Å². The Morgan fingerprint density at radius 1 is 1.12 bits per heavy atom. The van der Waals surface area contributed by atoms with E-state index in [1.807, 2.05) is 65.0 Å². The van der Waals surface area contributed by atoms with Crippen LogP contribution in [0.15, 0.2) is 36.5 Å². The third-order valence-corrected chi connectivity index (χ3v) is 5.32. The Labute approximate surface area is 159 Å². The number of benzene rings is 1. The van der Waals surface area contributed by atoms with E-state index in [2.05, 4.69) is 4.98 Å². The van der Waals surface area contributed by atoms with Crippen molar-refractivity contribution in [1.29, 1.82) is 0 Å². The highest BCUT2D eigenvalue weighted by Gasteiger charge is 2.52. The summed E-state index contributed by atoms with van der Waals surface area (Å²) in [6.45, 7) is 10.00. The van der Waals surface area contributed by atoms with Gasteiger partial charge in [-0.3, -0.25) is 0 Å². The van der Waals surface area contributed by atoms with Gasteiger partial charge in [-0.1, -0.05) is 23.7 Å². The summed E-state index contributed by atoms with van der Waals surface area (Å²) in [7, 11) is -0.513. The summed E-state index contributed by atoms with van der Waals surface area (Å²) in [5, 5.41) is 0.685. The highest BCUT2D eigenvalue weighted by molar-refractivity contribution is 6.62. The second-order valence-corrected chi connectivity index (χ2v) is 7.99. The van der Waals surface area contributed by atoms with Crippen molar-refractivity contribution in [2.45, 2.75) is 51.9 Å². The number of nitrogens with two attached hydrogens (primary N) is 1. The fourth-order valence-electron chi connectivity index (χ4n) is 2.67. The molecular weight excluding hydrogens is 350 g/mol. The van der Waals surface area contributed by atoms with Crippen molar-refractivity contribution in [2.75, 3.05) is 5.73 Å². The molecule has 2 aromatic rings. The van der Waals surface area contributed by atoms with Crippen molar-refractivity contribution in [1.82, 2.24) is 4.98 Å². The summed E-state index contributed by atoms with van der Waals surface area (Å²) in [4.78, 5) is 4.25. The lowest BCUT2D eigenvalue weighted by atomic mass is 9.80. The summed E-state index contributed by atoms with van der Waals surface area (Å²) in [5.41, 5.74) is 6.94. The lowest BCUT2D eigenvalue weighted by molar-refractivity contribution is 0.00578. The van der Waals surface area contributed by atoms with E-state index < -0.39 is 18.3 Å². The first-order chi connectivity index (χ1) is 12.1. The zero-order valence-electron chi connectivity index (χ0n) is 15.7. The predicted molar refractivity (Wildman–Crippen MR) is 105 cm³/mol. The number of hydrogen-bond acceptors (Lipinski definition) is 5. The van der Waals surface area contributed by atoms with Gasteiger partial charge in [-0.15, -0.1) is 0 Å². The SMILES string of the molecule is C[C@@H](Oc1cc(B2OC(C)(C)C(C)(C)O2)cnc1N)c1ccc(Cl)cc1. The Kier molecular flexibility index (Phi) is 4.95. The molecule has 1 aromatic heterocycles. The van der Waals surface area contributed by atoms with E-state index >= 15 is 0 Å². The van der Waals surface area contributed by atoms with Gasteiger partial charge in [0.1, 0.15) is 6.10 Å². The molecule has 1 aromatic carbocycles. The molecule has 0 spiro atoms. The maximum atomic E-state index is 6.07. The van der Waals surface area contributed by atoms with Crippen LogP contribution in [-0.4, -0.2) is 23.3 Å². The van der Waals surface area contributed by atoms with Gasteiger partial charge in [-0.05, 0) is 58.4 Å². The van der Waals surface area contributed by atoms with Gasteiger partial charge >= 0.3 is 7.12 Å². The molecule has 1 fully saturated rings. The van der Waals surface area contributed by atoms with E-state index in [4.69, 9.17) is 31.4 Å². The summed E-state index contributed by atoms with van der Waals surface area (Å²) in [6, 6.07) is 9.35. The van der Waals surface area contributed by atoms with Gasteiger partial charge in [0.25, 0.3) is 0 Å². The molecule has 2 N–H and O–H groups in total. The van der Waals surface area contributed by atoms with Gasteiger partial charge in [0.05, 0.1) is 11.2 Å². The first-order valence-corrected chi connectivity index (χ1v) is 9.00. The number of aromatic nitrogens is 1. The number of anilines is 1. The minimum atomic E-state index is -0.513. The molecule has 2 heterocycles. The minimum absolute atomic E-state index is 0.204. The van der Waals surface area contributed by atoms with Crippen molar-refractivity contribution < 1.29 is 14.0 Å². The fourth-order valence-corrected chi connectivity index (χ4v) is 2.79. The van der Waals surface area contributed by atoms with E-state index in [-0.39, 0.29) is 6.10 Å². The Morgan fingerprint density at radius 3 is 2.27 bits per heavy atom. The number of rotatable bonds is 4.